The molecule has 0 atom stereocenters. The lowest BCUT2D eigenvalue weighted by Crippen LogP contribution is -2.06. The molecule has 1 aromatic rings. The average Bonchev–Trinajstić information content (AvgIpc) is 2.96. The third kappa shape index (κ3) is 1.49. The van der Waals surface area contributed by atoms with Gasteiger partial charge in [0.2, 0.25) is 0 Å². The smallest absolute Gasteiger partial charge is 0.0470 e. The summed E-state index contributed by atoms with van der Waals surface area (Å²) in [6.45, 7) is 6.96. The molecule has 0 N–H and O–H groups in total. The third-order valence-corrected chi connectivity index (χ3v) is 4.10. The molecule has 3 rings (SSSR count). The summed E-state index contributed by atoms with van der Waals surface area (Å²) in [5.74, 6) is 1.45. The monoisotopic (exact) mass is 215 g/mol. The fourth-order valence-electron chi connectivity index (χ4n) is 3.27. The van der Waals surface area contributed by atoms with Gasteiger partial charge in [0, 0.05) is 17.3 Å². The quantitative estimate of drug-likeness (QED) is 0.729. The number of hydrogen-bond donors (Lipinski definition) is 0. The molecule has 2 aliphatic rings. The van der Waals surface area contributed by atoms with Crippen LogP contribution in [0.5, 0.6) is 0 Å². The van der Waals surface area contributed by atoms with Crippen molar-refractivity contribution in [2.24, 2.45) is 0 Å². The number of nitrogens with zero attached hydrogens (tertiary/aromatic N) is 1. The molecule has 0 unspecified atom stereocenters. The summed E-state index contributed by atoms with van der Waals surface area (Å²) in [5, 5.41) is 0. The van der Waals surface area contributed by atoms with Gasteiger partial charge in [0.05, 0.1) is 0 Å². The van der Waals surface area contributed by atoms with Gasteiger partial charge in [-0.2, -0.15) is 0 Å². The number of aromatic nitrogens is 1. The van der Waals surface area contributed by atoms with Crippen molar-refractivity contribution in [1.29, 1.82) is 0 Å². The van der Waals surface area contributed by atoms with Crippen molar-refractivity contribution in [2.45, 2.75) is 64.7 Å². The highest BCUT2D eigenvalue weighted by atomic mass is 14.8. The Labute approximate surface area is 98.3 Å². The molecule has 0 amide bonds. The van der Waals surface area contributed by atoms with Crippen molar-refractivity contribution in [1.82, 2.24) is 4.98 Å². The van der Waals surface area contributed by atoms with Crippen LogP contribution in [0.3, 0.4) is 0 Å². The SMILES string of the molecule is Cc1c(C2CC2)nc2c(c1C(C)C)CCC2. The molecule has 2 aliphatic carbocycles. The number of fused-ring (bicyclic) bond motifs is 1. The molecule has 1 heteroatoms. The molecule has 1 saturated carbocycles. The highest BCUT2D eigenvalue weighted by Crippen LogP contribution is 2.44. The molecule has 0 aromatic carbocycles. The van der Waals surface area contributed by atoms with Crippen LogP contribution < -0.4 is 0 Å². The molecule has 0 aliphatic heterocycles. The second-order valence-electron chi connectivity index (χ2n) is 5.74. The van der Waals surface area contributed by atoms with Crippen molar-refractivity contribution >= 4 is 0 Å². The van der Waals surface area contributed by atoms with Gasteiger partial charge in [0.1, 0.15) is 0 Å². The van der Waals surface area contributed by atoms with Gasteiger partial charge < -0.3 is 0 Å². The van der Waals surface area contributed by atoms with Crippen LogP contribution in [0, 0.1) is 6.92 Å². The van der Waals surface area contributed by atoms with Crippen LogP contribution in [0.2, 0.25) is 0 Å². The Bertz CT molecular complexity index is 428. The fraction of sp³-hybridized carbons (Fsp3) is 0.667. The Kier molecular flexibility index (Phi) is 2.31. The molecular weight excluding hydrogens is 194 g/mol. The molecule has 1 heterocycles. The molecular formula is C15H21N. The molecule has 86 valence electrons. The van der Waals surface area contributed by atoms with E-state index in [1.165, 1.54) is 49.1 Å². The first kappa shape index (κ1) is 10.3. The first-order valence-corrected chi connectivity index (χ1v) is 6.70. The van der Waals surface area contributed by atoms with Crippen molar-refractivity contribution in [2.75, 3.05) is 0 Å². The summed E-state index contributed by atoms with van der Waals surface area (Å²) in [5.41, 5.74) is 7.60. The zero-order valence-corrected chi connectivity index (χ0v) is 10.6. The number of rotatable bonds is 2. The van der Waals surface area contributed by atoms with E-state index in [-0.39, 0.29) is 0 Å². The van der Waals surface area contributed by atoms with Crippen LogP contribution in [0.25, 0.3) is 0 Å². The maximum absolute atomic E-state index is 4.96. The van der Waals surface area contributed by atoms with E-state index in [1.54, 1.807) is 11.1 Å². The predicted molar refractivity (Wildman–Crippen MR) is 67.1 cm³/mol. The van der Waals surface area contributed by atoms with E-state index in [1.807, 2.05) is 0 Å². The molecule has 0 spiro atoms. The minimum absolute atomic E-state index is 0.660. The normalized spacial score (nSPS) is 19.2. The van der Waals surface area contributed by atoms with Crippen LogP contribution in [-0.2, 0) is 12.8 Å². The van der Waals surface area contributed by atoms with Crippen LogP contribution in [0.4, 0.5) is 0 Å². The van der Waals surface area contributed by atoms with Gasteiger partial charge in [-0.15, -0.1) is 0 Å². The van der Waals surface area contributed by atoms with Gasteiger partial charge in [-0.1, -0.05) is 13.8 Å². The maximum atomic E-state index is 4.96. The molecule has 0 bridgehead atoms. The Morgan fingerprint density at radius 3 is 2.56 bits per heavy atom. The number of pyridine rings is 1. The lowest BCUT2D eigenvalue weighted by molar-refractivity contribution is 0.814. The van der Waals surface area contributed by atoms with Gasteiger partial charge in [-0.25, -0.2) is 0 Å². The molecule has 0 saturated heterocycles. The van der Waals surface area contributed by atoms with Crippen molar-refractivity contribution in [3.05, 3.63) is 28.1 Å². The summed E-state index contributed by atoms with van der Waals surface area (Å²) in [6.07, 6.45) is 6.53. The van der Waals surface area contributed by atoms with Gasteiger partial charge >= 0.3 is 0 Å². The molecule has 1 aromatic heterocycles. The predicted octanol–water partition coefficient (Wildman–Crippen LogP) is 3.88. The summed E-state index contributed by atoms with van der Waals surface area (Å²) in [4.78, 5) is 4.96. The van der Waals surface area contributed by atoms with Crippen LogP contribution in [0.1, 0.15) is 73.0 Å². The van der Waals surface area contributed by atoms with Crippen molar-refractivity contribution in [3.63, 3.8) is 0 Å². The Morgan fingerprint density at radius 2 is 1.94 bits per heavy atom. The zero-order valence-electron chi connectivity index (χ0n) is 10.6. The molecule has 1 nitrogen and oxygen atoms in total. The Morgan fingerprint density at radius 1 is 1.19 bits per heavy atom. The van der Waals surface area contributed by atoms with E-state index in [0.29, 0.717) is 5.92 Å². The van der Waals surface area contributed by atoms with Crippen LogP contribution in [-0.4, -0.2) is 4.98 Å². The lowest BCUT2D eigenvalue weighted by atomic mass is 9.90. The van der Waals surface area contributed by atoms with Gasteiger partial charge in [0.15, 0.2) is 0 Å². The largest absolute Gasteiger partial charge is 0.257 e. The highest BCUT2D eigenvalue weighted by molar-refractivity contribution is 5.45. The van der Waals surface area contributed by atoms with E-state index in [4.69, 9.17) is 4.98 Å². The second-order valence-corrected chi connectivity index (χ2v) is 5.74. The topological polar surface area (TPSA) is 12.9 Å². The third-order valence-electron chi connectivity index (χ3n) is 4.10. The minimum Gasteiger partial charge on any atom is -0.257 e. The average molecular weight is 215 g/mol. The summed E-state index contributed by atoms with van der Waals surface area (Å²) in [6, 6.07) is 0. The summed E-state index contributed by atoms with van der Waals surface area (Å²) < 4.78 is 0. The summed E-state index contributed by atoms with van der Waals surface area (Å²) >= 11 is 0. The van der Waals surface area contributed by atoms with Crippen molar-refractivity contribution in [3.8, 4) is 0 Å². The standard InChI is InChI=1S/C15H21N/c1-9(2)14-10(3)15(11-7-8-11)16-13-6-4-5-12(13)14/h9,11H,4-8H2,1-3H3. The maximum Gasteiger partial charge on any atom is 0.0470 e. The zero-order chi connectivity index (χ0) is 11.3. The molecule has 1 fully saturated rings. The first-order valence-electron chi connectivity index (χ1n) is 6.70. The van der Waals surface area contributed by atoms with Gasteiger partial charge in [-0.3, -0.25) is 4.98 Å². The fourth-order valence-corrected chi connectivity index (χ4v) is 3.27. The lowest BCUT2D eigenvalue weighted by Gasteiger charge is -2.18. The Balaban J connectivity index is 2.19. The van der Waals surface area contributed by atoms with E-state index in [0.717, 1.165) is 5.92 Å². The second kappa shape index (κ2) is 3.58. The van der Waals surface area contributed by atoms with Gasteiger partial charge in [-0.05, 0) is 61.6 Å². The van der Waals surface area contributed by atoms with E-state index in [9.17, 15) is 0 Å². The first-order chi connectivity index (χ1) is 7.68. The number of hydrogen-bond acceptors (Lipinski definition) is 1. The minimum atomic E-state index is 0.660. The van der Waals surface area contributed by atoms with E-state index < -0.39 is 0 Å². The van der Waals surface area contributed by atoms with Crippen molar-refractivity contribution < 1.29 is 0 Å². The van der Waals surface area contributed by atoms with Gasteiger partial charge in [0.25, 0.3) is 0 Å². The van der Waals surface area contributed by atoms with Crippen LogP contribution >= 0.6 is 0 Å². The van der Waals surface area contributed by atoms with E-state index in [2.05, 4.69) is 20.8 Å². The molecule has 16 heavy (non-hydrogen) atoms. The van der Waals surface area contributed by atoms with Crippen LogP contribution in [0.15, 0.2) is 0 Å². The van der Waals surface area contributed by atoms with E-state index >= 15 is 0 Å². The summed E-state index contributed by atoms with van der Waals surface area (Å²) in [7, 11) is 0. The Hall–Kier alpha value is -0.850. The highest BCUT2D eigenvalue weighted by Gasteiger charge is 2.31. The number of aryl methyl sites for hydroxylation is 1. The molecule has 0 radical (unpaired) electrons.